The lowest BCUT2D eigenvalue weighted by Gasteiger charge is -2.17. The molecule has 0 aliphatic carbocycles. The summed E-state index contributed by atoms with van der Waals surface area (Å²) >= 11 is 0. The second-order valence-electron chi connectivity index (χ2n) is 3.67. The fraction of sp³-hybridized carbons (Fsp3) is 0.200. The van der Waals surface area contributed by atoms with Gasteiger partial charge in [0.15, 0.2) is 0 Å². The lowest BCUT2D eigenvalue weighted by atomic mass is 10.3. The highest BCUT2D eigenvalue weighted by Crippen LogP contribution is 2.28. The van der Waals surface area contributed by atoms with Crippen LogP contribution in [0.4, 0.5) is 11.4 Å². The van der Waals surface area contributed by atoms with Crippen LogP contribution in [0.15, 0.2) is 23.1 Å². The molecule has 0 saturated carbocycles. The van der Waals surface area contributed by atoms with Gasteiger partial charge in [0.1, 0.15) is 18.0 Å². The van der Waals surface area contributed by atoms with Crippen molar-refractivity contribution in [1.82, 2.24) is 4.31 Å². The molecule has 0 bridgehead atoms. The number of sulfonamides is 1. The smallest absolute Gasteiger partial charge is 0.270 e. The van der Waals surface area contributed by atoms with E-state index >= 15 is 0 Å². The highest BCUT2D eigenvalue weighted by Gasteiger charge is 2.28. The minimum atomic E-state index is -4.28. The van der Waals surface area contributed by atoms with Crippen molar-refractivity contribution < 1.29 is 13.3 Å². The first-order chi connectivity index (χ1) is 9.88. The third kappa shape index (κ3) is 3.43. The maximum atomic E-state index is 12.4. The summed E-state index contributed by atoms with van der Waals surface area (Å²) in [6, 6.07) is 6.24. The molecule has 110 valence electrons. The second-order valence-corrected chi connectivity index (χ2v) is 5.58. The van der Waals surface area contributed by atoms with E-state index in [2.05, 4.69) is 5.43 Å². The summed E-state index contributed by atoms with van der Waals surface area (Å²) in [6.07, 6.45) is 0. The zero-order valence-electron chi connectivity index (χ0n) is 10.6. The number of non-ortho nitro benzene ring substituents is 1. The Morgan fingerprint density at radius 2 is 1.90 bits per heavy atom. The van der Waals surface area contributed by atoms with Crippen LogP contribution >= 0.6 is 0 Å². The summed E-state index contributed by atoms with van der Waals surface area (Å²) < 4.78 is 25.3. The molecular formula is C10H10N6O4S. The lowest BCUT2D eigenvalue weighted by Crippen LogP contribution is -2.32. The van der Waals surface area contributed by atoms with Gasteiger partial charge in [0.25, 0.3) is 5.69 Å². The van der Waals surface area contributed by atoms with E-state index in [0.717, 1.165) is 18.2 Å². The molecule has 10 nitrogen and oxygen atoms in total. The first-order valence-corrected chi connectivity index (χ1v) is 6.81. The summed E-state index contributed by atoms with van der Waals surface area (Å²) in [5, 5.41) is 28.0. The van der Waals surface area contributed by atoms with E-state index in [9.17, 15) is 18.5 Å². The van der Waals surface area contributed by atoms with Crippen molar-refractivity contribution in [2.45, 2.75) is 4.90 Å². The molecule has 0 aliphatic rings. The van der Waals surface area contributed by atoms with E-state index in [4.69, 9.17) is 16.4 Å². The SMILES string of the molecule is N#CCN(CC#N)S(=O)(=O)c1cc([N+](=O)[O-])ccc1NN. The zero-order chi connectivity index (χ0) is 16.0. The van der Waals surface area contributed by atoms with E-state index in [0.29, 0.717) is 4.31 Å². The van der Waals surface area contributed by atoms with Crippen molar-refractivity contribution in [3.8, 4) is 12.1 Å². The van der Waals surface area contributed by atoms with Gasteiger partial charge in [-0.3, -0.25) is 16.0 Å². The van der Waals surface area contributed by atoms with Gasteiger partial charge in [-0.15, -0.1) is 0 Å². The van der Waals surface area contributed by atoms with Gasteiger partial charge in [-0.1, -0.05) is 0 Å². The largest absolute Gasteiger partial charge is 0.323 e. The van der Waals surface area contributed by atoms with Crippen LogP contribution < -0.4 is 11.3 Å². The topological polar surface area (TPSA) is 166 Å². The molecule has 11 heteroatoms. The molecule has 21 heavy (non-hydrogen) atoms. The van der Waals surface area contributed by atoms with E-state index in [-0.39, 0.29) is 5.69 Å². The van der Waals surface area contributed by atoms with Gasteiger partial charge in [0.05, 0.1) is 22.7 Å². The van der Waals surface area contributed by atoms with Crippen LogP contribution in [0.25, 0.3) is 0 Å². The summed E-state index contributed by atoms with van der Waals surface area (Å²) in [5.74, 6) is 5.19. The molecular weight excluding hydrogens is 300 g/mol. The minimum Gasteiger partial charge on any atom is -0.323 e. The Morgan fingerprint density at radius 1 is 1.33 bits per heavy atom. The molecule has 1 aromatic carbocycles. The van der Waals surface area contributed by atoms with Crippen molar-refractivity contribution in [2.24, 2.45) is 5.84 Å². The maximum absolute atomic E-state index is 12.4. The Labute approximate surface area is 120 Å². The standard InChI is InChI=1S/C10H10N6O4S/c11-3-5-15(6-4-12)21(19,20)10-7-8(16(17)18)1-2-9(10)14-13/h1-2,7,14H,5-6,13H2. The van der Waals surface area contributed by atoms with Gasteiger partial charge in [0, 0.05) is 12.1 Å². The number of nitrogens with zero attached hydrogens (tertiary/aromatic N) is 4. The second kappa shape index (κ2) is 6.62. The molecule has 1 rings (SSSR count). The van der Waals surface area contributed by atoms with Crippen molar-refractivity contribution in [2.75, 3.05) is 18.5 Å². The molecule has 0 heterocycles. The summed E-state index contributed by atoms with van der Waals surface area (Å²) in [5.41, 5.74) is 1.57. The molecule has 0 aromatic heterocycles. The van der Waals surface area contributed by atoms with E-state index in [1.54, 1.807) is 12.1 Å². The minimum absolute atomic E-state index is 0.0820. The number of nitrogens with one attached hydrogen (secondary N) is 1. The van der Waals surface area contributed by atoms with E-state index < -0.39 is 38.6 Å². The fourth-order valence-electron chi connectivity index (χ4n) is 1.48. The first kappa shape index (κ1) is 16.3. The number of nitrogen functional groups attached to an aromatic ring is 1. The first-order valence-electron chi connectivity index (χ1n) is 5.37. The third-order valence-corrected chi connectivity index (χ3v) is 4.28. The highest BCUT2D eigenvalue weighted by molar-refractivity contribution is 7.89. The van der Waals surface area contributed by atoms with Crippen LogP contribution in [0, 0.1) is 32.8 Å². The van der Waals surface area contributed by atoms with Crippen LogP contribution in [-0.2, 0) is 10.0 Å². The molecule has 0 unspecified atom stereocenters. The van der Waals surface area contributed by atoms with Gasteiger partial charge in [-0.05, 0) is 6.07 Å². The molecule has 0 radical (unpaired) electrons. The van der Waals surface area contributed by atoms with Crippen LogP contribution in [0.2, 0.25) is 0 Å². The molecule has 0 amide bonds. The lowest BCUT2D eigenvalue weighted by molar-refractivity contribution is -0.385. The number of anilines is 1. The average molecular weight is 310 g/mol. The Hall–Kier alpha value is -2.73. The monoisotopic (exact) mass is 310 g/mol. The number of nitrogens with two attached hydrogens (primary N) is 1. The van der Waals surface area contributed by atoms with Crippen molar-refractivity contribution in [1.29, 1.82) is 10.5 Å². The molecule has 1 aromatic rings. The summed E-state index contributed by atoms with van der Waals surface area (Å²) in [7, 11) is -4.28. The van der Waals surface area contributed by atoms with Crippen molar-refractivity contribution in [3.05, 3.63) is 28.3 Å². The van der Waals surface area contributed by atoms with Crippen LogP contribution in [0.3, 0.4) is 0 Å². The summed E-state index contributed by atoms with van der Waals surface area (Å²) in [4.78, 5) is 9.49. The van der Waals surface area contributed by atoms with Crippen LogP contribution in [0.1, 0.15) is 0 Å². The zero-order valence-corrected chi connectivity index (χ0v) is 11.4. The van der Waals surface area contributed by atoms with Gasteiger partial charge in [0.2, 0.25) is 10.0 Å². The number of rotatable bonds is 6. The average Bonchev–Trinajstić information content (AvgIpc) is 2.46. The number of hydrazine groups is 1. The number of benzene rings is 1. The molecule has 0 fully saturated rings. The van der Waals surface area contributed by atoms with Gasteiger partial charge >= 0.3 is 0 Å². The molecule has 0 atom stereocenters. The number of nitriles is 2. The predicted octanol–water partition coefficient (Wildman–Crippen LogP) is -0.0817. The maximum Gasteiger partial charge on any atom is 0.270 e. The Kier molecular flexibility index (Phi) is 5.15. The summed E-state index contributed by atoms with van der Waals surface area (Å²) in [6.45, 7) is -1.13. The predicted molar refractivity (Wildman–Crippen MR) is 70.9 cm³/mol. The molecule has 3 N–H and O–H groups in total. The van der Waals surface area contributed by atoms with Crippen molar-refractivity contribution >= 4 is 21.4 Å². The third-order valence-electron chi connectivity index (χ3n) is 2.44. The van der Waals surface area contributed by atoms with E-state index in [1.807, 2.05) is 0 Å². The molecule has 0 saturated heterocycles. The van der Waals surface area contributed by atoms with Gasteiger partial charge < -0.3 is 5.43 Å². The number of hydrogen-bond donors (Lipinski definition) is 2. The molecule has 0 spiro atoms. The Morgan fingerprint density at radius 3 is 2.33 bits per heavy atom. The highest BCUT2D eigenvalue weighted by atomic mass is 32.2. The fourth-order valence-corrected chi connectivity index (χ4v) is 2.89. The van der Waals surface area contributed by atoms with E-state index in [1.165, 1.54) is 0 Å². The number of nitro groups is 1. The van der Waals surface area contributed by atoms with Gasteiger partial charge in [-0.2, -0.15) is 14.8 Å². The van der Waals surface area contributed by atoms with Crippen LogP contribution in [-0.4, -0.2) is 30.7 Å². The number of hydrogen-bond acceptors (Lipinski definition) is 8. The van der Waals surface area contributed by atoms with Crippen LogP contribution in [0.5, 0.6) is 0 Å². The normalized spacial score (nSPS) is 10.7. The Balaban J connectivity index is 3.48. The quantitative estimate of drug-likeness (QED) is 0.318. The van der Waals surface area contributed by atoms with Crippen molar-refractivity contribution in [3.63, 3.8) is 0 Å². The Bertz CT molecular complexity index is 717. The number of nitro benzene ring substituents is 1. The van der Waals surface area contributed by atoms with Gasteiger partial charge in [-0.25, -0.2) is 8.42 Å². The molecule has 0 aliphatic heterocycles.